The van der Waals surface area contributed by atoms with Gasteiger partial charge in [-0.05, 0) is 44.6 Å². The fourth-order valence-electron chi connectivity index (χ4n) is 3.78. The highest BCUT2D eigenvalue weighted by atomic mass is 16.5. The molecule has 6 heteroatoms. The molecule has 2 saturated heterocycles. The number of hydrogen-bond donors (Lipinski definition) is 1. The molecule has 1 spiro atoms. The Labute approximate surface area is 136 Å². The van der Waals surface area contributed by atoms with Crippen molar-refractivity contribution in [3.63, 3.8) is 0 Å². The summed E-state index contributed by atoms with van der Waals surface area (Å²) < 4.78 is 6.43. The minimum absolute atomic E-state index is 0.118. The van der Waals surface area contributed by atoms with Gasteiger partial charge in [0.15, 0.2) is 0 Å². The first-order chi connectivity index (χ1) is 11.2. The lowest BCUT2D eigenvalue weighted by molar-refractivity contribution is -0.138. The molecule has 3 heterocycles. The van der Waals surface area contributed by atoms with Gasteiger partial charge < -0.3 is 15.0 Å². The van der Waals surface area contributed by atoms with Crippen LogP contribution >= 0.6 is 0 Å². The molecule has 0 radical (unpaired) electrons. The third kappa shape index (κ3) is 3.32. The molecule has 0 aromatic carbocycles. The number of carbonyl (C=O) groups is 1. The van der Waals surface area contributed by atoms with Crippen molar-refractivity contribution in [1.29, 1.82) is 0 Å². The quantitative estimate of drug-likeness (QED) is 0.918. The van der Waals surface area contributed by atoms with Crippen LogP contribution in [0.3, 0.4) is 0 Å². The van der Waals surface area contributed by atoms with Crippen LogP contribution in [0, 0.1) is 5.92 Å². The first kappa shape index (κ1) is 14.9. The number of hydrogen-bond acceptors (Lipinski definition) is 5. The third-order valence-electron chi connectivity index (χ3n) is 5.18. The number of nitrogens with one attached hydrogen (secondary N) is 1. The van der Waals surface area contributed by atoms with E-state index in [-0.39, 0.29) is 11.7 Å². The Bertz CT molecular complexity index is 563. The van der Waals surface area contributed by atoms with Crippen molar-refractivity contribution < 1.29 is 9.53 Å². The average molecular weight is 316 g/mol. The predicted octanol–water partition coefficient (Wildman–Crippen LogP) is 1.84. The molecule has 2 atom stereocenters. The van der Waals surface area contributed by atoms with Gasteiger partial charge in [0.05, 0.1) is 11.7 Å². The van der Waals surface area contributed by atoms with E-state index in [1.54, 1.807) is 18.5 Å². The summed E-state index contributed by atoms with van der Waals surface area (Å²) in [5, 5.41) is 3.26. The van der Waals surface area contributed by atoms with Gasteiger partial charge in [-0.25, -0.2) is 9.97 Å². The maximum absolute atomic E-state index is 12.3. The molecule has 0 unspecified atom stereocenters. The van der Waals surface area contributed by atoms with E-state index in [0.29, 0.717) is 17.8 Å². The van der Waals surface area contributed by atoms with Gasteiger partial charge in [0.25, 0.3) is 0 Å². The van der Waals surface area contributed by atoms with Crippen LogP contribution in [-0.4, -0.2) is 52.1 Å². The minimum atomic E-state index is -0.118. The molecule has 1 N–H and O–H groups in total. The Balaban J connectivity index is 1.33. The summed E-state index contributed by atoms with van der Waals surface area (Å²) in [5.41, 5.74) is -0.118. The highest BCUT2D eigenvalue weighted by molar-refractivity contribution is 5.81. The fourth-order valence-corrected chi connectivity index (χ4v) is 3.78. The van der Waals surface area contributed by atoms with Gasteiger partial charge in [0.1, 0.15) is 0 Å². The molecule has 3 aliphatic rings. The lowest BCUT2D eigenvalue weighted by atomic mass is 9.90. The zero-order valence-corrected chi connectivity index (χ0v) is 13.4. The van der Waals surface area contributed by atoms with Crippen LogP contribution in [0.1, 0.15) is 38.5 Å². The first-order valence-corrected chi connectivity index (χ1v) is 8.72. The zero-order chi connectivity index (χ0) is 15.7. The Kier molecular flexibility index (Phi) is 3.93. The molecule has 124 valence electrons. The molecule has 23 heavy (non-hydrogen) atoms. The van der Waals surface area contributed by atoms with Crippen molar-refractivity contribution in [2.24, 2.45) is 5.92 Å². The van der Waals surface area contributed by atoms with Crippen molar-refractivity contribution in [3.8, 4) is 0 Å². The van der Waals surface area contributed by atoms with Crippen molar-refractivity contribution in [3.05, 3.63) is 18.5 Å². The lowest BCUT2D eigenvalue weighted by Crippen LogP contribution is -2.46. The van der Waals surface area contributed by atoms with Crippen molar-refractivity contribution in [2.75, 3.05) is 25.0 Å². The van der Waals surface area contributed by atoms with Crippen LogP contribution in [0.15, 0.2) is 18.5 Å². The molecule has 3 fully saturated rings. The summed E-state index contributed by atoms with van der Waals surface area (Å²) >= 11 is 0. The number of rotatable bonds is 4. The van der Waals surface area contributed by atoms with Crippen molar-refractivity contribution in [1.82, 2.24) is 14.9 Å². The maximum Gasteiger partial charge on any atom is 0.225 e. The number of nitrogens with zero attached hydrogens (tertiary/aromatic N) is 3. The molecule has 1 aromatic rings. The molecule has 1 saturated carbocycles. The van der Waals surface area contributed by atoms with Gasteiger partial charge in [0.2, 0.25) is 11.9 Å². The molecule has 1 aromatic heterocycles. The Morgan fingerprint density at radius 2 is 2.13 bits per heavy atom. The maximum atomic E-state index is 12.3. The van der Waals surface area contributed by atoms with Crippen LogP contribution in [0.4, 0.5) is 5.95 Å². The SMILES string of the molecule is O=C(C1CC1)N1CC[C@]2(CCC[C@H](CNc3ncccn3)O2)C1. The second-order valence-electron chi connectivity index (χ2n) is 7.05. The molecule has 1 amide bonds. The van der Waals surface area contributed by atoms with Crippen LogP contribution in [0.25, 0.3) is 0 Å². The van der Waals surface area contributed by atoms with E-state index in [0.717, 1.165) is 58.2 Å². The highest BCUT2D eigenvalue weighted by Gasteiger charge is 2.46. The normalized spacial score (nSPS) is 30.6. The standard InChI is InChI=1S/C17H24N4O2/c22-15(13-4-5-13)21-10-7-17(12-21)6-1-3-14(23-17)11-20-16-18-8-2-9-19-16/h2,8-9,13-14H,1,3-7,10-12H2,(H,18,19,20)/t14-,17-/m1/s1. The van der Waals surface area contributed by atoms with E-state index >= 15 is 0 Å². The van der Waals surface area contributed by atoms with Crippen molar-refractivity contribution >= 4 is 11.9 Å². The Morgan fingerprint density at radius 1 is 1.30 bits per heavy atom. The number of aromatic nitrogens is 2. The summed E-state index contributed by atoms with van der Waals surface area (Å²) in [5.74, 6) is 1.30. The zero-order valence-electron chi connectivity index (χ0n) is 13.4. The van der Waals surface area contributed by atoms with Crippen molar-refractivity contribution in [2.45, 2.75) is 50.2 Å². The van der Waals surface area contributed by atoms with Gasteiger partial charge >= 0.3 is 0 Å². The number of amides is 1. The van der Waals surface area contributed by atoms with E-state index in [9.17, 15) is 4.79 Å². The Hall–Kier alpha value is -1.69. The Morgan fingerprint density at radius 3 is 2.91 bits per heavy atom. The van der Waals surface area contributed by atoms with E-state index in [4.69, 9.17) is 4.74 Å². The lowest BCUT2D eigenvalue weighted by Gasteiger charge is -2.38. The average Bonchev–Trinajstić information content (AvgIpc) is 3.36. The van der Waals surface area contributed by atoms with Gasteiger partial charge in [-0.1, -0.05) is 0 Å². The van der Waals surface area contributed by atoms with E-state index in [1.165, 1.54) is 0 Å². The van der Waals surface area contributed by atoms with Crippen LogP contribution in [-0.2, 0) is 9.53 Å². The molecular formula is C17H24N4O2. The second kappa shape index (κ2) is 6.07. The largest absolute Gasteiger partial charge is 0.368 e. The predicted molar refractivity (Wildman–Crippen MR) is 85.9 cm³/mol. The number of ether oxygens (including phenoxy) is 1. The molecule has 6 nitrogen and oxygen atoms in total. The summed E-state index contributed by atoms with van der Waals surface area (Å²) in [6.45, 7) is 2.36. The van der Waals surface area contributed by atoms with E-state index in [1.807, 2.05) is 4.90 Å². The topological polar surface area (TPSA) is 67.4 Å². The summed E-state index contributed by atoms with van der Waals surface area (Å²) in [6.07, 6.45) is 10.0. The summed E-state index contributed by atoms with van der Waals surface area (Å²) in [6, 6.07) is 1.81. The van der Waals surface area contributed by atoms with Crippen LogP contribution in [0.5, 0.6) is 0 Å². The molecule has 1 aliphatic carbocycles. The highest BCUT2D eigenvalue weighted by Crippen LogP contribution is 2.39. The van der Waals surface area contributed by atoms with E-state index < -0.39 is 0 Å². The molecule has 0 bridgehead atoms. The third-order valence-corrected chi connectivity index (χ3v) is 5.18. The number of anilines is 1. The number of likely N-dealkylation sites (tertiary alicyclic amines) is 1. The van der Waals surface area contributed by atoms with Crippen LogP contribution in [0.2, 0.25) is 0 Å². The second-order valence-corrected chi connectivity index (χ2v) is 7.05. The van der Waals surface area contributed by atoms with E-state index in [2.05, 4.69) is 15.3 Å². The first-order valence-electron chi connectivity index (χ1n) is 8.72. The van der Waals surface area contributed by atoms with Gasteiger partial charge in [-0.3, -0.25) is 4.79 Å². The molecular weight excluding hydrogens is 292 g/mol. The van der Waals surface area contributed by atoms with Gasteiger partial charge in [-0.2, -0.15) is 0 Å². The summed E-state index contributed by atoms with van der Waals surface area (Å²) in [4.78, 5) is 22.7. The molecule has 2 aliphatic heterocycles. The monoisotopic (exact) mass is 316 g/mol. The minimum Gasteiger partial charge on any atom is -0.368 e. The number of carbonyl (C=O) groups excluding carboxylic acids is 1. The summed E-state index contributed by atoms with van der Waals surface area (Å²) in [7, 11) is 0. The molecule has 4 rings (SSSR count). The van der Waals surface area contributed by atoms with Gasteiger partial charge in [0, 0.05) is 37.9 Å². The fraction of sp³-hybridized carbons (Fsp3) is 0.706. The van der Waals surface area contributed by atoms with Gasteiger partial charge in [-0.15, -0.1) is 0 Å². The van der Waals surface area contributed by atoms with Crippen LogP contribution < -0.4 is 5.32 Å². The smallest absolute Gasteiger partial charge is 0.225 e.